The molecule has 2 atom stereocenters. The molecule has 0 amide bonds. The number of benzene rings is 1. The molecule has 1 spiro atoms. The average Bonchev–Trinajstić information content (AvgIpc) is 3.08. The molecule has 4 nitrogen and oxygen atoms in total. The number of nitrogens with zero attached hydrogens (tertiary/aromatic N) is 3. The molecule has 2 unspecified atom stereocenters. The topological polar surface area (TPSA) is 42.7 Å². The summed E-state index contributed by atoms with van der Waals surface area (Å²) in [5.41, 5.74) is 1.23. The number of anilines is 1. The molecular weight excluding hydrogens is 332 g/mol. The number of halogens is 1. The van der Waals surface area contributed by atoms with Gasteiger partial charge in [-0.05, 0) is 49.9 Å². The van der Waals surface area contributed by atoms with Crippen molar-refractivity contribution < 1.29 is 0 Å². The maximum Gasteiger partial charge on any atom is 0.222 e. The van der Waals surface area contributed by atoms with Crippen LogP contribution in [0, 0.1) is 5.92 Å². The second-order valence-electron chi connectivity index (χ2n) is 7.98. The van der Waals surface area contributed by atoms with E-state index in [4.69, 9.17) is 21.7 Å². The Balaban J connectivity index is 1.61. The van der Waals surface area contributed by atoms with Crippen molar-refractivity contribution in [2.24, 2.45) is 5.92 Å². The lowest BCUT2D eigenvalue weighted by atomic mass is 9.64. The van der Waals surface area contributed by atoms with Gasteiger partial charge in [0.15, 0.2) is 5.82 Å². The average molecular weight is 357 g/mol. The molecule has 5 heteroatoms. The zero-order chi connectivity index (χ0) is 16.9. The van der Waals surface area contributed by atoms with Gasteiger partial charge in [0.2, 0.25) is 5.95 Å². The highest BCUT2D eigenvalue weighted by atomic mass is 35.5. The first-order valence-electron chi connectivity index (χ1n) is 9.76. The summed E-state index contributed by atoms with van der Waals surface area (Å²) in [5.74, 6) is 2.51. The van der Waals surface area contributed by atoms with E-state index in [0.717, 1.165) is 22.4 Å². The molecule has 0 bridgehead atoms. The van der Waals surface area contributed by atoms with Gasteiger partial charge in [-0.25, -0.2) is 4.68 Å². The maximum absolute atomic E-state index is 6.04. The highest BCUT2D eigenvalue weighted by Crippen LogP contribution is 2.51. The summed E-state index contributed by atoms with van der Waals surface area (Å²) >= 11 is 6.04. The molecule has 2 saturated carbocycles. The van der Waals surface area contributed by atoms with Gasteiger partial charge in [0, 0.05) is 22.5 Å². The van der Waals surface area contributed by atoms with E-state index in [1.807, 2.05) is 24.3 Å². The summed E-state index contributed by atoms with van der Waals surface area (Å²) in [6.07, 6.45) is 11.8. The lowest BCUT2D eigenvalue weighted by Crippen LogP contribution is -2.55. The Morgan fingerprint density at radius 3 is 2.56 bits per heavy atom. The van der Waals surface area contributed by atoms with E-state index in [-0.39, 0.29) is 5.54 Å². The van der Waals surface area contributed by atoms with Crippen LogP contribution in [0.5, 0.6) is 0 Å². The summed E-state index contributed by atoms with van der Waals surface area (Å²) in [6.45, 7) is 0. The van der Waals surface area contributed by atoms with Gasteiger partial charge in [0.25, 0.3) is 0 Å². The standard InChI is InChI=1S/C20H25ClN4/c21-15-10-8-14(9-11-15)18-23-19-22-17-7-3-2-6-16(17)20(25(19)24-18)12-4-1-5-13-20/h8-11,16-17H,1-7,12-13H2,(H,22,23,24). The zero-order valence-corrected chi connectivity index (χ0v) is 15.3. The summed E-state index contributed by atoms with van der Waals surface area (Å²) in [4.78, 5) is 4.89. The van der Waals surface area contributed by atoms with Crippen molar-refractivity contribution in [3.63, 3.8) is 0 Å². The molecule has 1 aromatic heterocycles. The minimum Gasteiger partial charge on any atom is -0.351 e. The SMILES string of the molecule is Clc1ccc(-c2nc3n(n2)C2(CCCCC2)C2CCCCC2N3)cc1. The van der Waals surface area contributed by atoms with Crippen molar-refractivity contribution >= 4 is 17.5 Å². The van der Waals surface area contributed by atoms with Crippen molar-refractivity contribution in [3.05, 3.63) is 29.3 Å². The Bertz CT molecular complexity index is 761. The molecule has 2 aromatic rings. The molecule has 1 aliphatic heterocycles. The molecule has 25 heavy (non-hydrogen) atoms. The van der Waals surface area contributed by atoms with Gasteiger partial charge in [-0.2, -0.15) is 4.98 Å². The molecule has 1 N–H and O–H groups in total. The predicted octanol–water partition coefficient (Wildman–Crippen LogP) is 5.24. The second-order valence-corrected chi connectivity index (χ2v) is 8.42. The molecule has 2 heterocycles. The van der Waals surface area contributed by atoms with E-state index in [9.17, 15) is 0 Å². The van der Waals surface area contributed by atoms with Crippen molar-refractivity contribution in [2.75, 3.05) is 5.32 Å². The van der Waals surface area contributed by atoms with Crippen LogP contribution < -0.4 is 5.32 Å². The van der Waals surface area contributed by atoms with Gasteiger partial charge in [-0.1, -0.05) is 43.7 Å². The van der Waals surface area contributed by atoms with Crippen LogP contribution in [0.2, 0.25) is 5.02 Å². The Morgan fingerprint density at radius 2 is 1.76 bits per heavy atom. The maximum atomic E-state index is 6.04. The third-order valence-corrected chi connectivity index (χ3v) is 6.87. The third kappa shape index (κ3) is 2.49. The minimum atomic E-state index is 0.182. The molecule has 132 valence electrons. The Labute approximate surface area is 154 Å². The summed E-state index contributed by atoms with van der Waals surface area (Å²) in [7, 11) is 0. The van der Waals surface area contributed by atoms with Gasteiger partial charge in [0.05, 0.1) is 5.54 Å². The van der Waals surface area contributed by atoms with Gasteiger partial charge < -0.3 is 5.32 Å². The fourth-order valence-electron chi connectivity index (χ4n) is 5.45. The summed E-state index contributed by atoms with van der Waals surface area (Å²) < 4.78 is 2.28. The molecule has 5 rings (SSSR count). The van der Waals surface area contributed by atoms with E-state index < -0.39 is 0 Å². The van der Waals surface area contributed by atoms with Crippen molar-refractivity contribution in [3.8, 4) is 11.4 Å². The molecule has 0 saturated heterocycles. The third-order valence-electron chi connectivity index (χ3n) is 6.62. The quantitative estimate of drug-likeness (QED) is 0.759. The van der Waals surface area contributed by atoms with Crippen molar-refractivity contribution in [1.29, 1.82) is 0 Å². The number of hydrogen-bond acceptors (Lipinski definition) is 3. The van der Waals surface area contributed by atoms with Crippen LogP contribution in [-0.2, 0) is 5.54 Å². The lowest BCUT2D eigenvalue weighted by Gasteiger charge is -2.52. The van der Waals surface area contributed by atoms with Gasteiger partial charge in [-0.15, -0.1) is 5.10 Å². The highest BCUT2D eigenvalue weighted by molar-refractivity contribution is 6.30. The summed E-state index contributed by atoms with van der Waals surface area (Å²) in [6, 6.07) is 8.44. The number of fused-ring (bicyclic) bond motifs is 4. The lowest BCUT2D eigenvalue weighted by molar-refractivity contribution is 0.0455. The van der Waals surface area contributed by atoms with Crippen molar-refractivity contribution in [1.82, 2.24) is 14.8 Å². The monoisotopic (exact) mass is 356 g/mol. The van der Waals surface area contributed by atoms with Crippen LogP contribution in [0.15, 0.2) is 24.3 Å². The van der Waals surface area contributed by atoms with Crippen LogP contribution in [0.3, 0.4) is 0 Å². The first kappa shape index (κ1) is 15.7. The van der Waals surface area contributed by atoms with Crippen LogP contribution in [0.1, 0.15) is 57.8 Å². The normalized spacial score (nSPS) is 27.4. The smallest absolute Gasteiger partial charge is 0.222 e. The van der Waals surface area contributed by atoms with E-state index >= 15 is 0 Å². The van der Waals surface area contributed by atoms with E-state index in [2.05, 4.69) is 10.00 Å². The molecule has 3 aliphatic rings. The number of nitrogens with one attached hydrogen (secondary N) is 1. The molecule has 2 aliphatic carbocycles. The predicted molar refractivity (Wildman–Crippen MR) is 101 cm³/mol. The van der Waals surface area contributed by atoms with Crippen molar-refractivity contribution in [2.45, 2.75) is 69.4 Å². The molecule has 0 radical (unpaired) electrons. The first-order valence-corrected chi connectivity index (χ1v) is 10.1. The zero-order valence-electron chi connectivity index (χ0n) is 14.5. The molecule has 2 fully saturated rings. The van der Waals surface area contributed by atoms with Crippen LogP contribution in [0.4, 0.5) is 5.95 Å². The van der Waals surface area contributed by atoms with E-state index in [0.29, 0.717) is 12.0 Å². The second kappa shape index (κ2) is 6.01. The fourth-order valence-corrected chi connectivity index (χ4v) is 5.58. The highest BCUT2D eigenvalue weighted by Gasteiger charge is 2.51. The van der Waals surface area contributed by atoms with E-state index in [1.54, 1.807) is 0 Å². The van der Waals surface area contributed by atoms with Crippen LogP contribution >= 0.6 is 11.6 Å². The number of rotatable bonds is 1. The van der Waals surface area contributed by atoms with E-state index in [1.165, 1.54) is 57.8 Å². The summed E-state index contributed by atoms with van der Waals surface area (Å²) in [5, 5.41) is 9.50. The fraction of sp³-hybridized carbons (Fsp3) is 0.600. The first-order chi connectivity index (χ1) is 12.3. The van der Waals surface area contributed by atoms with Crippen LogP contribution in [0.25, 0.3) is 11.4 Å². The van der Waals surface area contributed by atoms with Gasteiger partial charge in [-0.3, -0.25) is 0 Å². The Kier molecular flexibility index (Phi) is 3.77. The van der Waals surface area contributed by atoms with Crippen LogP contribution in [-0.4, -0.2) is 20.8 Å². The largest absolute Gasteiger partial charge is 0.351 e. The minimum absolute atomic E-state index is 0.182. The Morgan fingerprint density at radius 1 is 1.00 bits per heavy atom. The number of aromatic nitrogens is 3. The van der Waals surface area contributed by atoms with Gasteiger partial charge >= 0.3 is 0 Å². The number of hydrogen-bond donors (Lipinski definition) is 1. The Hall–Kier alpha value is -1.55. The molecule has 1 aromatic carbocycles. The molecular formula is C20H25ClN4. The van der Waals surface area contributed by atoms with Gasteiger partial charge in [0.1, 0.15) is 0 Å².